The highest BCUT2D eigenvalue weighted by Gasteiger charge is 2.28. The Labute approximate surface area is 164 Å². The van der Waals surface area contributed by atoms with Crippen LogP contribution >= 0.6 is 0 Å². The van der Waals surface area contributed by atoms with Gasteiger partial charge in [0.25, 0.3) is 0 Å². The van der Waals surface area contributed by atoms with E-state index in [9.17, 15) is 19.5 Å². The molecule has 1 rings (SSSR count). The number of nitrogens with one attached hydrogen (secondary N) is 3. The SMILES string of the molecule is CC(C)CC(N)C(=O)NC(Cc1cnc[nH]1)C(=O)NC(CCCCN)C(=O)O. The maximum absolute atomic E-state index is 12.7. The molecule has 0 spiro atoms. The lowest BCUT2D eigenvalue weighted by molar-refractivity contribution is -0.142. The predicted octanol–water partition coefficient (Wildman–Crippen LogP) is -0.491. The van der Waals surface area contributed by atoms with Crippen LogP contribution in [0.1, 0.15) is 45.2 Å². The molecule has 0 saturated carbocycles. The third-order valence-corrected chi connectivity index (χ3v) is 4.24. The first-order valence-electron chi connectivity index (χ1n) is 9.51. The number of hydrogen-bond acceptors (Lipinski definition) is 6. The topological polar surface area (TPSA) is 176 Å². The van der Waals surface area contributed by atoms with Gasteiger partial charge in [-0.3, -0.25) is 9.59 Å². The number of carboxylic acids is 1. The number of H-pyrrole nitrogens is 1. The summed E-state index contributed by atoms with van der Waals surface area (Å²) in [6.07, 6.45) is 5.11. The molecule has 10 nitrogen and oxygen atoms in total. The Hall–Kier alpha value is -2.46. The van der Waals surface area contributed by atoms with Crippen LogP contribution < -0.4 is 22.1 Å². The van der Waals surface area contributed by atoms with Crippen LogP contribution in [-0.2, 0) is 20.8 Å². The molecule has 10 heteroatoms. The first-order chi connectivity index (χ1) is 13.2. The average molecular weight is 396 g/mol. The molecule has 0 aliphatic heterocycles. The maximum atomic E-state index is 12.7. The van der Waals surface area contributed by atoms with Crippen molar-refractivity contribution in [3.05, 3.63) is 18.2 Å². The molecule has 3 atom stereocenters. The van der Waals surface area contributed by atoms with Gasteiger partial charge in [-0.2, -0.15) is 0 Å². The molecule has 0 radical (unpaired) electrons. The Balaban J connectivity index is 2.82. The number of imidazole rings is 1. The maximum Gasteiger partial charge on any atom is 0.326 e. The summed E-state index contributed by atoms with van der Waals surface area (Å²) in [5, 5.41) is 14.5. The highest BCUT2D eigenvalue weighted by molar-refractivity contribution is 5.91. The van der Waals surface area contributed by atoms with Crippen LogP contribution in [0.4, 0.5) is 0 Å². The standard InChI is InChI=1S/C18H32N6O4/c1-11(2)7-13(20)16(25)24-15(8-12-9-21-10-22-12)17(26)23-14(18(27)28)5-3-4-6-19/h9-11,13-15H,3-8,19-20H2,1-2H3,(H,21,22)(H,23,26)(H,24,25)(H,27,28). The summed E-state index contributed by atoms with van der Waals surface area (Å²) in [7, 11) is 0. The third kappa shape index (κ3) is 8.49. The summed E-state index contributed by atoms with van der Waals surface area (Å²) in [6, 6.07) is -2.77. The van der Waals surface area contributed by atoms with Crippen LogP contribution in [0.2, 0.25) is 0 Å². The molecule has 1 heterocycles. The van der Waals surface area contributed by atoms with Gasteiger partial charge in [0, 0.05) is 18.3 Å². The number of unbranched alkanes of at least 4 members (excludes halogenated alkanes) is 1. The fourth-order valence-electron chi connectivity index (χ4n) is 2.74. The minimum absolute atomic E-state index is 0.140. The normalized spacial score (nSPS) is 14.3. The van der Waals surface area contributed by atoms with Crippen LogP contribution in [0.25, 0.3) is 0 Å². The summed E-state index contributed by atoms with van der Waals surface area (Å²) in [5.74, 6) is -1.95. The summed E-state index contributed by atoms with van der Waals surface area (Å²) in [5.41, 5.74) is 12.0. The van der Waals surface area contributed by atoms with Crippen LogP contribution in [0, 0.1) is 5.92 Å². The lowest BCUT2D eigenvalue weighted by Crippen LogP contribution is -2.55. The Morgan fingerprint density at radius 1 is 1.18 bits per heavy atom. The average Bonchev–Trinajstić information content (AvgIpc) is 3.12. The first-order valence-corrected chi connectivity index (χ1v) is 9.51. The van der Waals surface area contributed by atoms with Crippen molar-refractivity contribution in [2.45, 2.75) is 64.1 Å². The Kier molecular flexibility index (Phi) is 10.2. The van der Waals surface area contributed by atoms with Gasteiger partial charge >= 0.3 is 5.97 Å². The quantitative estimate of drug-likeness (QED) is 0.244. The van der Waals surface area contributed by atoms with E-state index in [1.165, 1.54) is 12.5 Å². The summed E-state index contributed by atoms with van der Waals surface area (Å²) < 4.78 is 0. The number of rotatable bonds is 13. The minimum atomic E-state index is -1.13. The number of aromatic amines is 1. The highest BCUT2D eigenvalue weighted by atomic mass is 16.4. The Morgan fingerprint density at radius 3 is 2.39 bits per heavy atom. The van der Waals surface area contributed by atoms with Crippen molar-refractivity contribution >= 4 is 17.8 Å². The Morgan fingerprint density at radius 2 is 1.86 bits per heavy atom. The van der Waals surface area contributed by atoms with Crippen molar-refractivity contribution in [1.82, 2.24) is 20.6 Å². The molecule has 0 aliphatic rings. The lowest BCUT2D eigenvalue weighted by atomic mass is 10.0. The second kappa shape index (κ2) is 12.1. The van der Waals surface area contributed by atoms with Gasteiger partial charge in [-0.05, 0) is 38.1 Å². The molecule has 0 fully saturated rings. The van der Waals surface area contributed by atoms with Crippen LogP contribution in [0.3, 0.4) is 0 Å². The van der Waals surface area contributed by atoms with Crippen molar-refractivity contribution in [2.24, 2.45) is 17.4 Å². The van der Waals surface area contributed by atoms with Crippen molar-refractivity contribution in [2.75, 3.05) is 6.54 Å². The fourth-order valence-corrected chi connectivity index (χ4v) is 2.74. The molecular formula is C18H32N6O4. The fraction of sp³-hybridized carbons (Fsp3) is 0.667. The molecule has 3 unspecified atom stereocenters. The lowest BCUT2D eigenvalue weighted by Gasteiger charge is -2.23. The minimum Gasteiger partial charge on any atom is -0.480 e. The summed E-state index contributed by atoms with van der Waals surface area (Å²) in [6.45, 7) is 4.34. The number of aromatic nitrogens is 2. The first kappa shape index (κ1) is 23.6. The van der Waals surface area contributed by atoms with E-state index in [1.54, 1.807) is 0 Å². The van der Waals surface area contributed by atoms with Crippen LogP contribution in [-0.4, -0.2) is 57.5 Å². The van der Waals surface area contributed by atoms with E-state index in [-0.39, 0.29) is 18.8 Å². The monoisotopic (exact) mass is 396 g/mol. The molecule has 0 aliphatic carbocycles. The molecule has 1 aromatic rings. The van der Waals surface area contributed by atoms with E-state index in [1.807, 2.05) is 13.8 Å². The van der Waals surface area contributed by atoms with Crippen LogP contribution in [0.5, 0.6) is 0 Å². The van der Waals surface area contributed by atoms with E-state index in [0.29, 0.717) is 31.5 Å². The highest BCUT2D eigenvalue weighted by Crippen LogP contribution is 2.06. The number of amides is 2. The smallest absolute Gasteiger partial charge is 0.326 e. The second-order valence-corrected chi connectivity index (χ2v) is 7.26. The van der Waals surface area contributed by atoms with Crippen LogP contribution in [0.15, 0.2) is 12.5 Å². The van der Waals surface area contributed by atoms with E-state index >= 15 is 0 Å². The zero-order valence-electron chi connectivity index (χ0n) is 16.5. The van der Waals surface area contributed by atoms with Crippen molar-refractivity contribution in [3.63, 3.8) is 0 Å². The number of nitrogens with zero attached hydrogens (tertiary/aromatic N) is 1. The van der Waals surface area contributed by atoms with E-state index in [4.69, 9.17) is 11.5 Å². The Bertz CT molecular complexity index is 620. The number of carbonyl (C=O) groups is 3. The van der Waals surface area contributed by atoms with Gasteiger partial charge in [0.2, 0.25) is 11.8 Å². The van der Waals surface area contributed by atoms with Gasteiger partial charge in [0.15, 0.2) is 0 Å². The summed E-state index contributed by atoms with van der Waals surface area (Å²) in [4.78, 5) is 43.3. The van der Waals surface area contributed by atoms with E-state index in [2.05, 4.69) is 20.6 Å². The van der Waals surface area contributed by atoms with Crippen molar-refractivity contribution < 1.29 is 19.5 Å². The predicted molar refractivity (Wildman–Crippen MR) is 104 cm³/mol. The number of hydrogen-bond donors (Lipinski definition) is 6. The van der Waals surface area contributed by atoms with E-state index < -0.39 is 35.9 Å². The number of carboxylic acid groups (broad SMARTS) is 1. The molecule has 2 amide bonds. The summed E-state index contributed by atoms with van der Waals surface area (Å²) >= 11 is 0. The number of aliphatic carboxylic acids is 1. The molecule has 8 N–H and O–H groups in total. The van der Waals surface area contributed by atoms with Gasteiger partial charge in [-0.1, -0.05) is 13.8 Å². The third-order valence-electron chi connectivity index (χ3n) is 4.24. The van der Waals surface area contributed by atoms with Crippen molar-refractivity contribution in [3.8, 4) is 0 Å². The van der Waals surface area contributed by atoms with E-state index in [0.717, 1.165) is 0 Å². The zero-order chi connectivity index (χ0) is 21.1. The second-order valence-electron chi connectivity index (χ2n) is 7.26. The zero-order valence-corrected chi connectivity index (χ0v) is 16.5. The van der Waals surface area contributed by atoms with Gasteiger partial charge in [0.1, 0.15) is 12.1 Å². The van der Waals surface area contributed by atoms with Gasteiger partial charge < -0.3 is 32.2 Å². The molecule has 158 valence electrons. The van der Waals surface area contributed by atoms with Gasteiger partial charge in [-0.15, -0.1) is 0 Å². The molecule has 0 saturated heterocycles. The number of nitrogens with two attached hydrogens (primary N) is 2. The van der Waals surface area contributed by atoms with Crippen molar-refractivity contribution in [1.29, 1.82) is 0 Å². The molecule has 28 heavy (non-hydrogen) atoms. The number of carbonyl (C=O) groups excluding carboxylic acids is 2. The largest absolute Gasteiger partial charge is 0.480 e. The molecule has 0 bridgehead atoms. The van der Waals surface area contributed by atoms with Gasteiger partial charge in [0.05, 0.1) is 12.4 Å². The molecule has 0 aromatic carbocycles. The van der Waals surface area contributed by atoms with Gasteiger partial charge in [-0.25, -0.2) is 9.78 Å². The molecular weight excluding hydrogens is 364 g/mol. The molecule has 1 aromatic heterocycles.